The molecule has 0 radical (unpaired) electrons. The molecule has 2 aromatic heterocycles. The molecule has 2 heterocycles. The summed E-state index contributed by atoms with van der Waals surface area (Å²) in [5.74, 6) is 0.754. The summed E-state index contributed by atoms with van der Waals surface area (Å²) in [5, 5.41) is 14.0. The van der Waals surface area contributed by atoms with Gasteiger partial charge in [-0.3, -0.25) is 0 Å². The molecular weight excluding hydrogens is 244 g/mol. The third kappa shape index (κ3) is 1.95. The van der Waals surface area contributed by atoms with Crippen molar-refractivity contribution in [3.8, 4) is 23.0 Å². The molecule has 1 aromatic carbocycles. The van der Waals surface area contributed by atoms with Crippen molar-refractivity contribution in [2.75, 3.05) is 5.73 Å². The van der Waals surface area contributed by atoms with Crippen LogP contribution in [0.2, 0.25) is 0 Å². The SMILES string of the molecule is Cc1cc(C)c(N)c(-c2nc(-c3cn[nH]n3)no2)c1. The second kappa shape index (κ2) is 4.20. The fourth-order valence-electron chi connectivity index (χ4n) is 1.90. The van der Waals surface area contributed by atoms with E-state index < -0.39 is 0 Å². The lowest BCUT2D eigenvalue weighted by atomic mass is 10.0. The Morgan fingerprint density at radius 3 is 2.84 bits per heavy atom. The maximum atomic E-state index is 6.05. The summed E-state index contributed by atoms with van der Waals surface area (Å²) in [7, 11) is 0. The minimum Gasteiger partial charge on any atom is -0.398 e. The molecule has 0 aliphatic heterocycles. The fraction of sp³-hybridized carbons (Fsp3) is 0.167. The van der Waals surface area contributed by atoms with Crippen LogP contribution in [0.15, 0.2) is 22.9 Å². The van der Waals surface area contributed by atoms with Crippen molar-refractivity contribution >= 4 is 5.69 Å². The second-order valence-corrected chi connectivity index (χ2v) is 4.32. The highest BCUT2D eigenvalue weighted by Gasteiger charge is 2.15. The van der Waals surface area contributed by atoms with Gasteiger partial charge in [-0.15, -0.1) is 0 Å². The van der Waals surface area contributed by atoms with Gasteiger partial charge in [0.2, 0.25) is 5.82 Å². The molecule has 0 saturated carbocycles. The first-order valence-corrected chi connectivity index (χ1v) is 5.72. The molecule has 0 atom stereocenters. The smallest absolute Gasteiger partial charge is 0.260 e. The van der Waals surface area contributed by atoms with Gasteiger partial charge < -0.3 is 10.3 Å². The lowest BCUT2D eigenvalue weighted by molar-refractivity contribution is 0.432. The fourth-order valence-corrected chi connectivity index (χ4v) is 1.90. The molecule has 0 unspecified atom stereocenters. The minimum atomic E-state index is 0.377. The highest BCUT2D eigenvalue weighted by molar-refractivity contribution is 5.74. The molecule has 3 N–H and O–H groups in total. The number of nitrogens with two attached hydrogens (primary N) is 1. The Morgan fingerprint density at radius 2 is 2.11 bits per heavy atom. The normalized spacial score (nSPS) is 10.8. The monoisotopic (exact) mass is 256 g/mol. The molecule has 3 aromatic rings. The second-order valence-electron chi connectivity index (χ2n) is 4.32. The van der Waals surface area contributed by atoms with E-state index in [1.165, 1.54) is 6.20 Å². The van der Waals surface area contributed by atoms with E-state index in [1.54, 1.807) is 0 Å². The molecule has 7 heteroatoms. The highest BCUT2D eigenvalue weighted by atomic mass is 16.5. The molecule has 0 fully saturated rings. The summed E-state index contributed by atoms with van der Waals surface area (Å²) in [5.41, 5.74) is 10.0. The van der Waals surface area contributed by atoms with Crippen LogP contribution in [0.3, 0.4) is 0 Å². The van der Waals surface area contributed by atoms with Gasteiger partial charge in [-0.2, -0.15) is 20.4 Å². The lowest BCUT2D eigenvalue weighted by Crippen LogP contribution is -1.95. The molecule has 96 valence electrons. The van der Waals surface area contributed by atoms with Crippen LogP contribution in [-0.2, 0) is 0 Å². The summed E-state index contributed by atoms with van der Waals surface area (Å²) in [6.45, 7) is 3.94. The number of nitrogens with zero attached hydrogens (tertiary/aromatic N) is 4. The first kappa shape index (κ1) is 11.4. The number of hydrogen-bond donors (Lipinski definition) is 2. The van der Waals surface area contributed by atoms with Gasteiger partial charge in [0, 0.05) is 5.69 Å². The van der Waals surface area contributed by atoms with Crippen molar-refractivity contribution in [1.29, 1.82) is 0 Å². The zero-order chi connectivity index (χ0) is 13.4. The van der Waals surface area contributed by atoms with Gasteiger partial charge in [-0.05, 0) is 31.0 Å². The molecule has 7 nitrogen and oxygen atoms in total. The van der Waals surface area contributed by atoms with E-state index in [0.29, 0.717) is 23.1 Å². The molecule has 0 spiro atoms. The van der Waals surface area contributed by atoms with Gasteiger partial charge in [0.05, 0.1) is 11.8 Å². The average Bonchev–Trinajstić information content (AvgIpc) is 3.03. The summed E-state index contributed by atoms with van der Waals surface area (Å²) in [6.07, 6.45) is 1.53. The summed E-state index contributed by atoms with van der Waals surface area (Å²) in [6, 6.07) is 3.93. The van der Waals surface area contributed by atoms with E-state index in [2.05, 4.69) is 25.6 Å². The standard InChI is InChI=1S/C12H12N6O/c1-6-3-7(2)10(13)8(4-6)12-15-11(17-19-12)9-5-14-18-16-9/h3-5H,13H2,1-2H3,(H,14,16,18). The van der Waals surface area contributed by atoms with E-state index >= 15 is 0 Å². The number of hydrogen-bond acceptors (Lipinski definition) is 6. The largest absolute Gasteiger partial charge is 0.398 e. The van der Waals surface area contributed by atoms with Crippen molar-refractivity contribution in [3.05, 3.63) is 29.5 Å². The van der Waals surface area contributed by atoms with Crippen LogP contribution in [-0.4, -0.2) is 25.6 Å². The van der Waals surface area contributed by atoms with Gasteiger partial charge in [-0.1, -0.05) is 11.2 Å². The number of H-pyrrole nitrogens is 1. The van der Waals surface area contributed by atoms with Crippen molar-refractivity contribution < 1.29 is 4.52 Å². The zero-order valence-corrected chi connectivity index (χ0v) is 10.5. The van der Waals surface area contributed by atoms with Crippen molar-refractivity contribution in [2.24, 2.45) is 0 Å². The average molecular weight is 256 g/mol. The predicted molar refractivity (Wildman–Crippen MR) is 69.0 cm³/mol. The number of anilines is 1. The van der Waals surface area contributed by atoms with Gasteiger partial charge in [0.15, 0.2) is 5.69 Å². The molecule has 0 bridgehead atoms. The number of benzene rings is 1. The van der Waals surface area contributed by atoms with E-state index in [9.17, 15) is 0 Å². The Morgan fingerprint density at radius 1 is 1.26 bits per heavy atom. The number of aromatic amines is 1. The molecule has 3 rings (SSSR count). The molecule has 19 heavy (non-hydrogen) atoms. The van der Waals surface area contributed by atoms with E-state index in [-0.39, 0.29) is 0 Å². The predicted octanol–water partition coefficient (Wildman–Crippen LogP) is 1.72. The van der Waals surface area contributed by atoms with Gasteiger partial charge in [0.1, 0.15) is 0 Å². The van der Waals surface area contributed by atoms with Crippen LogP contribution in [0.5, 0.6) is 0 Å². The Bertz CT molecular complexity index is 716. The maximum Gasteiger partial charge on any atom is 0.260 e. The maximum absolute atomic E-state index is 6.05. The molecule has 0 amide bonds. The Labute approximate surface area is 108 Å². The number of aromatic nitrogens is 5. The van der Waals surface area contributed by atoms with Crippen molar-refractivity contribution in [3.63, 3.8) is 0 Å². The van der Waals surface area contributed by atoms with Crippen molar-refractivity contribution in [2.45, 2.75) is 13.8 Å². The number of nitrogen functional groups attached to an aromatic ring is 1. The van der Waals surface area contributed by atoms with Crippen LogP contribution >= 0.6 is 0 Å². The zero-order valence-electron chi connectivity index (χ0n) is 10.5. The molecule has 0 saturated heterocycles. The van der Waals surface area contributed by atoms with Gasteiger partial charge in [-0.25, -0.2) is 0 Å². The highest BCUT2D eigenvalue weighted by Crippen LogP contribution is 2.29. The van der Waals surface area contributed by atoms with Crippen LogP contribution in [0, 0.1) is 13.8 Å². The summed E-state index contributed by atoms with van der Waals surface area (Å²) in [4.78, 5) is 4.29. The van der Waals surface area contributed by atoms with Crippen LogP contribution in [0.1, 0.15) is 11.1 Å². The van der Waals surface area contributed by atoms with Crippen LogP contribution < -0.4 is 5.73 Å². The van der Waals surface area contributed by atoms with Gasteiger partial charge in [0.25, 0.3) is 5.89 Å². The van der Waals surface area contributed by atoms with Crippen molar-refractivity contribution in [1.82, 2.24) is 25.6 Å². The number of nitrogens with one attached hydrogen (secondary N) is 1. The first-order valence-electron chi connectivity index (χ1n) is 5.72. The third-order valence-corrected chi connectivity index (χ3v) is 2.83. The van der Waals surface area contributed by atoms with Crippen LogP contribution in [0.25, 0.3) is 23.0 Å². The molecule has 0 aliphatic carbocycles. The summed E-state index contributed by atoms with van der Waals surface area (Å²) >= 11 is 0. The Balaban J connectivity index is 2.09. The van der Waals surface area contributed by atoms with Gasteiger partial charge >= 0.3 is 0 Å². The Hall–Kier alpha value is -2.70. The van der Waals surface area contributed by atoms with E-state index in [1.807, 2.05) is 26.0 Å². The summed E-state index contributed by atoms with van der Waals surface area (Å²) < 4.78 is 5.24. The third-order valence-electron chi connectivity index (χ3n) is 2.83. The molecule has 0 aliphatic rings. The van der Waals surface area contributed by atoms with Crippen LogP contribution in [0.4, 0.5) is 5.69 Å². The topological polar surface area (TPSA) is 107 Å². The van der Waals surface area contributed by atoms with E-state index in [0.717, 1.165) is 16.7 Å². The number of rotatable bonds is 2. The van der Waals surface area contributed by atoms with E-state index in [4.69, 9.17) is 10.3 Å². The number of aryl methyl sites for hydroxylation is 2. The first-order chi connectivity index (χ1) is 9.15. The lowest BCUT2D eigenvalue weighted by Gasteiger charge is -2.06. The minimum absolute atomic E-state index is 0.377. The quantitative estimate of drug-likeness (QED) is 0.676. The Kier molecular flexibility index (Phi) is 2.52. The molecular formula is C12H12N6O.